The van der Waals surface area contributed by atoms with Gasteiger partial charge in [-0.2, -0.15) is 0 Å². The van der Waals surface area contributed by atoms with Gasteiger partial charge in [-0.05, 0) is 24.3 Å². The number of hydrogen-bond donors (Lipinski definition) is 2. The molecule has 0 fully saturated rings. The van der Waals surface area contributed by atoms with Crippen LogP contribution in [0.2, 0.25) is 0 Å². The van der Waals surface area contributed by atoms with Crippen molar-refractivity contribution >= 4 is 18.1 Å². The van der Waals surface area contributed by atoms with Crippen LogP contribution in [0.5, 0.6) is 5.75 Å². The molecule has 2 N–H and O–H groups in total. The number of aromatic nitrogens is 1. The molecule has 0 saturated carbocycles. The van der Waals surface area contributed by atoms with Gasteiger partial charge in [0, 0.05) is 35.9 Å². The molecule has 1 aromatic heterocycles. The molecule has 0 atom stereocenters. The number of aliphatic imine (C=N–C) groups is 1. The summed E-state index contributed by atoms with van der Waals surface area (Å²) in [4.78, 5) is 8.24. The van der Waals surface area contributed by atoms with Crippen molar-refractivity contribution in [2.24, 2.45) is 4.99 Å². The summed E-state index contributed by atoms with van der Waals surface area (Å²) in [6.07, 6.45) is 6.23. The van der Waals surface area contributed by atoms with Crippen molar-refractivity contribution in [1.29, 1.82) is 5.41 Å². The molecule has 2 rings (SSSR count). The van der Waals surface area contributed by atoms with Gasteiger partial charge in [-0.1, -0.05) is 6.07 Å². The molecular formula is C13H11N3O. The number of aromatic hydroxyl groups is 1. The van der Waals surface area contributed by atoms with Gasteiger partial charge in [0.15, 0.2) is 0 Å². The smallest absolute Gasteiger partial charge is 0.116 e. The fourth-order valence-corrected chi connectivity index (χ4v) is 1.37. The van der Waals surface area contributed by atoms with Crippen molar-refractivity contribution < 1.29 is 5.11 Å². The zero-order valence-corrected chi connectivity index (χ0v) is 9.04. The average Bonchev–Trinajstić information content (AvgIpc) is 2.38. The zero-order valence-electron chi connectivity index (χ0n) is 9.04. The third kappa shape index (κ3) is 2.75. The van der Waals surface area contributed by atoms with Crippen LogP contribution >= 0.6 is 0 Å². The Bertz CT molecular complexity index is 550. The molecule has 1 aromatic carbocycles. The second kappa shape index (κ2) is 5.03. The minimum absolute atomic E-state index is 0.129. The summed E-state index contributed by atoms with van der Waals surface area (Å²) in [5, 5.41) is 16.5. The third-order valence-electron chi connectivity index (χ3n) is 2.20. The Balaban J connectivity index is 2.30. The molecule has 17 heavy (non-hydrogen) atoms. The number of rotatable bonds is 3. The number of phenols is 1. The highest BCUT2D eigenvalue weighted by atomic mass is 16.3. The molecule has 0 aliphatic heterocycles. The summed E-state index contributed by atoms with van der Waals surface area (Å²) < 4.78 is 0. The SMILES string of the molecule is N=Cc1cc(O)ccc1N=Cc1cccnc1. The standard InChI is InChI=1S/C13H11N3O/c14-7-11-6-12(17)3-4-13(11)16-9-10-2-1-5-15-8-10/h1-9,14,17H. The Hall–Kier alpha value is -2.49. The van der Waals surface area contributed by atoms with Crippen LogP contribution in [0.4, 0.5) is 5.69 Å². The first-order chi connectivity index (χ1) is 8.29. The molecule has 4 nitrogen and oxygen atoms in total. The Labute approximate surface area is 98.8 Å². The van der Waals surface area contributed by atoms with E-state index in [4.69, 9.17) is 5.41 Å². The van der Waals surface area contributed by atoms with Crippen LogP contribution in [0.1, 0.15) is 11.1 Å². The van der Waals surface area contributed by atoms with Crippen molar-refractivity contribution in [2.75, 3.05) is 0 Å². The predicted molar refractivity (Wildman–Crippen MR) is 67.5 cm³/mol. The summed E-state index contributed by atoms with van der Waals surface area (Å²) in [7, 11) is 0. The maximum atomic E-state index is 9.29. The first-order valence-corrected chi connectivity index (χ1v) is 5.07. The summed E-state index contributed by atoms with van der Waals surface area (Å²) in [5.41, 5.74) is 2.10. The van der Waals surface area contributed by atoms with Crippen molar-refractivity contribution in [3.05, 3.63) is 53.9 Å². The number of benzene rings is 1. The topological polar surface area (TPSA) is 69.3 Å². The molecule has 0 aliphatic rings. The lowest BCUT2D eigenvalue weighted by atomic mass is 10.2. The largest absolute Gasteiger partial charge is 0.508 e. The van der Waals surface area contributed by atoms with E-state index in [-0.39, 0.29) is 5.75 Å². The Morgan fingerprint density at radius 3 is 2.88 bits per heavy atom. The van der Waals surface area contributed by atoms with E-state index < -0.39 is 0 Å². The first kappa shape index (κ1) is 11.0. The lowest BCUT2D eigenvalue weighted by Gasteiger charge is -2.00. The predicted octanol–water partition coefficient (Wildman–Crippen LogP) is 2.54. The van der Waals surface area contributed by atoms with Crippen LogP contribution in [-0.2, 0) is 0 Å². The summed E-state index contributed by atoms with van der Waals surface area (Å²) >= 11 is 0. The van der Waals surface area contributed by atoms with Crippen molar-refractivity contribution in [1.82, 2.24) is 4.98 Å². The van der Waals surface area contributed by atoms with Crippen LogP contribution in [0, 0.1) is 5.41 Å². The number of hydrogen-bond acceptors (Lipinski definition) is 4. The van der Waals surface area contributed by atoms with Crippen LogP contribution in [0.15, 0.2) is 47.7 Å². The van der Waals surface area contributed by atoms with E-state index in [1.54, 1.807) is 30.7 Å². The highest BCUT2D eigenvalue weighted by Crippen LogP contribution is 2.22. The molecule has 0 unspecified atom stereocenters. The maximum Gasteiger partial charge on any atom is 0.116 e. The van der Waals surface area contributed by atoms with Gasteiger partial charge < -0.3 is 10.5 Å². The van der Waals surface area contributed by atoms with Gasteiger partial charge in [0.1, 0.15) is 5.75 Å². The number of pyridine rings is 1. The van der Waals surface area contributed by atoms with Crippen molar-refractivity contribution in [3.8, 4) is 5.75 Å². The number of nitrogens with one attached hydrogen (secondary N) is 1. The zero-order chi connectivity index (χ0) is 12.1. The molecule has 84 valence electrons. The molecule has 2 aromatic rings. The monoisotopic (exact) mass is 225 g/mol. The first-order valence-electron chi connectivity index (χ1n) is 5.07. The van der Waals surface area contributed by atoms with E-state index in [0.717, 1.165) is 11.8 Å². The molecule has 0 bridgehead atoms. The van der Waals surface area contributed by atoms with E-state index in [9.17, 15) is 5.11 Å². The van der Waals surface area contributed by atoms with Crippen LogP contribution < -0.4 is 0 Å². The minimum Gasteiger partial charge on any atom is -0.508 e. The van der Waals surface area contributed by atoms with E-state index in [2.05, 4.69) is 9.98 Å². The molecule has 0 saturated heterocycles. The van der Waals surface area contributed by atoms with E-state index in [0.29, 0.717) is 11.3 Å². The van der Waals surface area contributed by atoms with Gasteiger partial charge in [0.2, 0.25) is 0 Å². The molecule has 4 heteroatoms. The Morgan fingerprint density at radius 1 is 1.29 bits per heavy atom. The quantitative estimate of drug-likeness (QED) is 0.788. The van der Waals surface area contributed by atoms with Crippen LogP contribution in [0.3, 0.4) is 0 Å². The molecule has 1 heterocycles. The molecular weight excluding hydrogens is 214 g/mol. The lowest BCUT2D eigenvalue weighted by Crippen LogP contribution is -1.84. The molecule has 0 aliphatic carbocycles. The van der Waals surface area contributed by atoms with Crippen LogP contribution in [-0.4, -0.2) is 22.5 Å². The second-order valence-electron chi connectivity index (χ2n) is 3.43. The maximum absolute atomic E-state index is 9.29. The highest BCUT2D eigenvalue weighted by molar-refractivity contribution is 5.89. The lowest BCUT2D eigenvalue weighted by molar-refractivity contribution is 0.475. The van der Waals surface area contributed by atoms with Gasteiger partial charge in [-0.3, -0.25) is 9.98 Å². The number of phenolic OH excluding ortho intramolecular Hbond substituents is 1. The van der Waals surface area contributed by atoms with E-state index in [1.165, 1.54) is 6.07 Å². The summed E-state index contributed by atoms with van der Waals surface area (Å²) in [6, 6.07) is 8.44. The van der Waals surface area contributed by atoms with Crippen molar-refractivity contribution in [2.45, 2.75) is 0 Å². The van der Waals surface area contributed by atoms with E-state index in [1.807, 2.05) is 12.1 Å². The molecule has 0 amide bonds. The van der Waals surface area contributed by atoms with Gasteiger partial charge in [0.05, 0.1) is 5.69 Å². The Morgan fingerprint density at radius 2 is 2.18 bits per heavy atom. The average molecular weight is 225 g/mol. The highest BCUT2D eigenvalue weighted by Gasteiger charge is 1.99. The van der Waals surface area contributed by atoms with Gasteiger partial charge in [0.25, 0.3) is 0 Å². The van der Waals surface area contributed by atoms with Gasteiger partial charge in [-0.25, -0.2) is 0 Å². The summed E-state index contributed by atoms with van der Waals surface area (Å²) in [6.45, 7) is 0. The molecule has 0 spiro atoms. The third-order valence-corrected chi connectivity index (χ3v) is 2.20. The van der Waals surface area contributed by atoms with E-state index >= 15 is 0 Å². The molecule has 0 radical (unpaired) electrons. The second-order valence-corrected chi connectivity index (χ2v) is 3.43. The summed E-state index contributed by atoms with van der Waals surface area (Å²) in [5.74, 6) is 0.129. The number of nitrogens with zero attached hydrogens (tertiary/aromatic N) is 2. The minimum atomic E-state index is 0.129. The fourth-order valence-electron chi connectivity index (χ4n) is 1.37. The Kier molecular flexibility index (Phi) is 3.25. The van der Waals surface area contributed by atoms with Crippen LogP contribution in [0.25, 0.3) is 0 Å². The van der Waals surface area contributed by atoms with Crippen molar-refractivity contribution in [3.63, 3.8) is 0 Å². The van der Waals surface area contributed by atoms with Gasteiger partial charge in [-0.15, -0.1) is 0 Å². The normalized spacial score (nSPS) is 10.6. The fraction of sp³-hybridized carbons (Fsp3) is 0. The van der Waals surface area contributed by atoms with Gasteiger partial charge >= 0.3 is 0 Å².